The maximum atomic E-state index is 12.7. The molecule has 0 aromatic carbocycles. The number of hydrogen-bond acceptors (Lipinski definition) is 5. The molecule has 0 atom stereocenters. The van der Waals surface area contributed by atoms with Gasteiger partial charge in [0.25, 0.3) is 10.0 Å². The van der Waals surface area contributed by atoms with E-state index in [1.54, 1.807) is 26.8 Å². The van der Waals surface area contributed by atoms with Gasteiger partial charge in [-0.3, -0.25) is 9.10 Å². The molecule has 0 unspecified atom stereocenters. The van der Waals surface area contributed by atoms with Crippen molar-refractivity contribution in [2.75, 3.05) is 13.1 Å². The number of aromatic nitrogens is 1. The fourth-order valence-corrected chi connectivity index (χ4v) is 4.51. The quantitative estimate of drug-likeness (QED) is 0.762. The highest BCUT2D eigenvalue weighted by molar-refractivity contribution is 7.89. The van der Waals surface area contributed by atoms with Crippen LogP contribution in [0.15, 0.2) is 22.5 Å². The molecule has 0 saturated carbocycles. The Kier molecular flexibility index (Phi) is 2.66. The van der Waals surface area contributed by atoms with Gasteiger partial charge >= 0.3 is 0 Å². The van der Waals surface area contributed by atoms with Gasteiger partial charge in [-0.05, 0) is 32.4 Å². The van der Waals surface area contributed by atoms with E-state index in [0.717, 1.165) is 0 Å². The van der Waals surface area contributed by atoms with Crippen molar-refractivity contribution in [1.82, 2.24) is 14.6 Å². The maximum absolute atomic E-state index is 12.7. The van der Waals surface area contributed by atoms with Crippen LogP contribution in [-0.2, 0) is 10.0 Å². The monoisotopic (exact) mass is 293 g/mol. The summed E-state index contributed by atoms with van der Waals surface area (Å²) >= 11 is 0. The van der Waals surface area contributed by atoms with Crippen LogP contribution < -0.4 is 5.32 Å². The van der Waals surface area contributed by atoms with Crippen LogP contribution >= 0.6 is 0 Å². The molecule has 0 saturated heterocycles. The molecule has 0 amide bonds. The Hall–Kier alpha value is -1.89. The number of ketones is 1. The Morgan fingerprint density at radius 1 is 1.30 bits per heavy atom. The van der Waals surface area contributed by atoms with E-state index < -0.39 is 10.0 Å². The number of hydrogen-bond donors (Lipinski definition) is 1. The van der Waals surface area contributed by atoms with Gasteiger partial charge < -0.3 is 5.32 Å². The summed E-state index contributed by atoms with van der Waals surface area (Å²) in [6.45, 7) is 5.91. The van der Waals surface area contributed by atoms with Crippen molar-refractivity contribution in [1.29, 1.82) is 0 Å². The van der Waals surface area contributed by atoms with Crippen molar-refractivity contribution >= 4 is 15.8 Å². The first kappa shape index (κ1) is 13.1. The van der Waals surface area contributed by atoms with Crippen LogP contribution in [-0.4, -0.2) is 36.6 Å². The molecule has 3 heterocycles. The number of nitrogens with one attached hydrogen (secondary N) is 1. The second-order valence-corrected chi connectivity index (χ2v) is 6.84. The zero-order chi connectivity index (χ0) is 14.7. The minimum absolute atomic E-state index is 0.113. The van der Waals surface area contributed by atoms with Crippen LogP contribution in [0, 0.1) is 13.8 Å². The lowest BCUT2D eigenvalue weighted by Crippen LogP contribution is -2.48. The largest absolute Gasteiger partial charge is 0.385 e. The van der Waals surface area contributed by atoms with Crippen molar-refractivity contribution in [2.45, 2.75) is 25.8 Å². The van der Waals surface area contributed by atoms with Crippen LogP contribution in [0.25, 0.3) is 0 Å². The third-order valence-corrected chi connectivity index (χ3v) is 5.33. The number of allylic oxidation sites excluding steroid dienone is 2. The second kappa shape index (κ2) is 4.05. The Bertz CT molecular complexity index is 765. The van der Waals surface area contributed by atoms with Gasteiger partial charge in [0, 0.05) is 17.9 Å². The predicted octanol–water partition coefficient (Wildman–Crippen LogP) is 0.720. The van der Waals surface area contributed by atoms with Crippen LogP contribution in [0.3, 0.4) is 0 Å². The third kappa shape index (κ3) is 1.59. The van der Waals surface area contributed by atoms with Gasteiger partial charge in [0.05, 0.1) is 12.1 Å². The molecule has 1 N–H and O–H groups in total. The zero-order valence-electron chi connectivity index (χ0n) is 11.5. The highest BCUT2D eigenvalue weighted by Crippen LogP contribution is 2.34. The molecule has 0 fully saturated rings. The maximum Gasteiger partial charge on any atom is 0.282 e. The molecule has 0 aliphatic carbocycles. The van der Waals surface area contributed by atoms with E-state index in [1.165, 1.54) is 4.31 Å². The van der Waals surface area contributed by atoms with Gasteiger partial charge in [0.2, 0.25) is 5.78 Å². The molecule has 1 aromatic rings. The van der Waals surface area contributed by atoms with Crippen molar-refractivity contribution in [3.63, 3.8) is 0 Å². The summed E-state index contributed by atoms with van der Waals surface area (Å²) in [5.41, 5.74) is 2.25. The van der Waals surface area contributed by atoms with E-state index in [9.17, 15) is 13.2 Å². The number of aryl methyl sites for hydroxylation is 2. The summed E-state index contributed by atoms with van der Waals surface area (Å²) < 4.78 is 26.5. The van der Waals surface area contributed by atoms with Gasteiger partial charge in [-0.15, -0.1) is 0 Å². The molecule has 2 aliphatic rings. The number of pyridine rings is 1. The Morgan fingerprint density at radius 2 is 2.00 bits per heavy atom. The number of rotatable bonds is 0. The number of carbonyl (C=O) groups is 1. The highest BCUT2D eigenvalue weighted by Gasteiger charge is 2.43. The Balaban J connectivity index is 2.41. The lowest BCUT2D eigenvalue weighted by molar-refractivity contribution is 0.0992. The summed E-state index contributed by atoms with van der Waals surface area (Å²) in [5.74, 6) is -0.274. The Labute approximate surface area is 117 Å². The molecule has 20 heavy (non-hydrogen) atoms. The summed E-state index contributed by atoms with van der Waals surface area (Å²) in [6, 6.07) is 1.73. The van der Waals surface area contributed by atoms with Crippen LogP contribution in [0.2, 0.25) is 0 Å². The Morgan fingerprint density at radius 3 is 2.70 bits per heavy atom. The molecular weight excluding hydrogens is 278 g/mol. The number of Topliss-reactive ketones (excluding diaryl/α,β-unsaturated/α-hetero) is 1. The molecule has 3 rings (SSSR count). The topological polar surface area (TPSA) is 79.4 Å². The van der Waals surface area contributed by atoms with E-state index in [-0.39, 0.29) is 28.6 Å². The van der Waals surface area contributed by atoms with E-state index in [0.29, 0.717) is 23.5 Å². The number of fused-ring (bicyclic) bond motifs is 2. The highest BCUT2D eigenvalue weighted by atomic mass is 32.2. The SMILES string of the molecule is CC1=C2C(=O)c3c(C)cc(C)nc3S(=O)(=O)N2CCN1. The summed E-state index contributed by atoms with van der Waals surface area (Å²) in [6.07, 6.45) is 0. The van der Waals surface area contributed by atoms with Crippen LogP contribution in [0.1, 0.15) is 28.5 Å². The molecule has 1 aromatic heterocycles. The van der Waals surface area contributed by atoms with Crippen LogP contribution in [0.4, 0.5) is 0 Å². The first-order chi connectivity index (χ1) is 9.34. The first-order valence-electron chi connectivity index (χ1n) is 6.34. The van der Waals surface area contributed by atoms with Crippen molar-refractivity contribution < 1.29 is 13.2 Å². The van der Waals surface area contributed by atoms with E-state index in [1.807, 2.05) is 0 Å². The molecule has 0 bridgehead atoms. The molecular formula is C13H15N3O3S. The van der Waals surface area contributed by atoms with Crippen molar-refractivity contribution in [2.24, 2.45) is 0 Å². The molecule has 2 aliphatic heterocycles. The molecule has 106 valence electrons. The van der Waals surface area contributed by atoms with Crippen LogP contribution in [0.5, 0.6) is 0 Å². The third-order valence-electron chi connectivity index (χ3n) is 3.60. The second-order valence-electron chi connectivity index (χ2n) is 5.07. The zero-order valence-corrected chi connectivity index (χ0v) is 12.3. The molecule has 0 spiro atoms. The normalized spacial score (nSPS) is 20.4. The van der Waals surface area contributed by atoms with Gasteiger partial charge in [-0.2, -0.15) is 8.42 Å². The van der Waals surface area contributed by atoms with Gasteiger partial charge in [0.15, 0.2) is 5.03 Å². The fourth-order valence-electron chi connectivity index (χ4n) is 2.74. The lowest BCUT2D eigenvalue weighted by Gasteiger charge is -2.35. The molecule has 0 radical (unpaired) electrons. The van der Waals surface area contributed by atoms with E-state index in [2.05, 4.69) is 10.3 Å². The number of nitrogens with zero attached hydrogens (tertiary/aromatic N) is 2. The molecule has 7 heteroatoms. The number of carbonyl (C=O) groups excluding carboxylic acids is 1. The van der Waals surface area contributed by atoms with Crippen molar-refractivity contribution in [3.05, 3.63) is 34.3 Å². The molecule has 6 nitrogen and oxygen atoms in total. The fraction of sp³-hybridized carbons (Fsp3) is 0.385. The summed E-state index contributed by atoms with van der Waals surface area (Å²) in [7, 11) is -3.75. The predicted molar refractivity (Wildman–Crippen MR) is 72.6 cm³/mol. The van der Waals surface area contributed by atoms with Gasteiger partial charge in [-0.25, -0.2) is 4.98 Å². The van der Waals surface area contributed by atoms with E-state index >= 15 is 0 Å². The summed E-state index contributed by atoms with van der Waals surface area (Å²) in [5, 5.41) is 2.93. The standard InChI is InChI=1S/C13H15N3O3S/c1-7-6-8(2)15-13-10(7)12(17)11-9(3)14-4-5-16(11)20(13,18)19/h6,14H,4-5H2,1-3H3. The van der Waals surface area contributed by atoms with Crippen molar-refractivity contribution in [3.8, 4) is 0 Å². The number of sulfonamides is 1. The minimum Gasteiger partial charge on any atom is -0.385 e. The van der Waals surface area contributed by atoms with Gasteiger partial charge in [-0.1, -0.05) is 0 Å². The smallest absolute Gasteiger partial charge is 0.282 e. The summed E-state index contributed by atoms with van der Waals surface area (Å²) in [4.78, 5) is 16.7. The first-order valence-corrected chi connectivity index (χ1v) is 7.78. The minimum atomic E-state index is -3.75. The average Bonchev–Trinajstić information content (AvgIpc) is 2.35. The van der Waals surface area contributed by atoms with E-state index in [4.69, 9.17) is 0 Å². The average molecular weight is 293 g/mol. The van der Waals surface area contributed by atoms with Gasteiger partial charge in [0.1, 0.15) is 5.70 Å². The lowest BCUT2D eigenvalue weighted by atomic mass is 10.0.